The minimum Gasteiger partial charge on any atom is -0.488 e. The number of thioether (sulfide) groups is 1. The highest BCUT2D eigenvalue weighted by atomic mass is 79.9. The highest BCUT2D eigenvalue weighted by Gasteiger charge is 2.28. The lowest BCUT2D eigenvalue weighted by molar-refractivity contribution is -0.121. The number of ether oxygens (including phenoxy) is 1. The van der Waals surface area contributed by atoms with Gasteiger partial charge in [0, 0.05) is 22.1 Å². The molecular formula is C18H13BrClNO2S2. The van der Waals surface area contributed by atoms with Crippen LogP contribution in [0, 0.1) is 0 Å². The molecule has 1 aliphatic rings. The molecule has 2 aromatic rings. The molecule has 1 amide bonds. The molecule has 128 valence electrons. The third kappa shape index (κ3) is 4.44. The van der Waals surface area contributed by atoms with Gasteiger partial charge in [-0.3, -0.25) is 9.69 Å². The molecule has 0 N–H and O–H groups in total. The van der Waals surface area contributed by atoms with E-state index in [9.17, 15) is 4.79 Å². The van der Waals surface area contributed by atoms with E-state index in [1.54, 1.807) is 7.05 Å². The maximum atomic E-state index is 12.2. The molecule has 0 radical (unpaired) electrons. The summed E-state index contributed by atoms with van der Waals surface area (Å²) in [6.07, 6.45) is 1.81. The zero-order valence-electron chi connectivity index (χ0n) is 13.2. The van der Waals surface area contributed by atoms with E-state index in [-0.39, 0.29) is 5.91 Å². The highest BCUT2D eigenvalue weighted by molar-refractivity contribution is 9.10. The van der Waals surface area contributed by atoms with Crippen LogP contribution in [0.4, 0.5) is 0 Å². The summed E-state index contributed by atoms with van der Waals surface area (Å²) in [5.74, 6) is 0.596. The van der Waals surface area contributed by atoms with Gasteiger partial charge in [-0.2, -0.15) is 0 Å². The first kappa shape index (κ1) is 18.5. The summed E-state index contributed by atoms with van der Waals surface area (Å²) in [6.45, 7) is 0.411. The third-order valence-electron chi connectivity index (χ3n) is 3.55. The molecule has 0 bridgehead atoms. The van der Waals surface area contributed by atoms with Gasteiger partial charge in [0.25, 0.3) is 5.91 Å². The number of hydrogen-bond acceptors (Lipinski definition) is 4. The number of thiocarbonyl (C=S) groups is 1. The summed E-state index contributed by atoms with van der Waals surface area (Å²) in [4.78, 5) is 14.3. The minimum atomic E-state index is -0.0985. The summed E-state index contributed by atoms with van der Waals surface area (Å²) in [5, 5.41) is 0.690. The smallest absolute Gasteiger partial charge is 0.265 e. The summed E-state index contributed by atoms with van der Waals surface area (Å²) in [7, 11) is 1.68. The molecule has 3 rings (SSSR count). The number of likely N-dealkylation sites (N-methyl/N-ethyl adjacent to an activating group) is 1. The molecule has 1 saturated heterocycles. The number of amides is 1. The van der Waals surface area contributed by atoms with E-state index in [4.69, 9.17) is 28.6 Å². The quantitative estimate of drug-likeness (QED) is 0.450. The zero-order chi connectivity index (χ0) is 18.0. The lowest BCUT2D eigenvalue weighted by Gasteiger charge is -2.10. The molecule has 0 aliphatic carbocycles. The molecular weight excluding hydrogens is 442 g/mol. The fraction of sp³-hybridized carbons (Fsp3) is 0.111. The number of carbonyl (C=O) groups excluding carboxylic acids is 1. The molecule has 1 fully saturated rings. The van der Waals surface area contributed by atoms with E-state index >= 15 is 0 Å². The van der Waals surface area contributed by atoms with Gasteiger partial charge in [-0.25, -0.2) is 0 Å². The van der Waals surface area contributed by atoms with Crippen LogP contribution in [-0.2, 0) is 11.4 Å². The average molecular weight is 455 g/mol. The van der Waals surface area contributed by atoms with Gasteiger partial charge in [0.05, 0.1) is 4.91 Å². The van der Waals surface area contributed by atoms with E-state index in [0.717, 1.165) is 15.6 Å². The van der Waals surface area contributed by atoms with Crippen molar-refractivity contribution in [3.8, 4) is 5.75 Å². The summed E-state index contributed by atoms with van der Waals surface area (Å²) < 4.78 is 7.40. The van der Waals surface area contributed by atoms with Crippen LogP contribution in [0.15, 0.2) is 51.8 Å². The summed E-state index contributed by atoms with van der Waals surface area (Å²) >= 11 is 15.8. The van der Waals surface area contributed by atoms with Crippen molar-refractivity contribution in [1.82, 2.24) is 4.90 Å². The Labute approximate surface area is 169 Å². The Balaban J connectivity index is 1.84. The number of rotatable bonds is 4. The molecule has 0 atom stereocenters. The van der Waals surface area contributed by atoms with Crippen LogP contribution < -0.4 is 4.74 Å². The van der Waals surface area contributed by atoms with Gasteiger partial charge in [0.2, 0.25) is 0 Å². The molecule has 0 aromatic heterocycles. The first-order chi connectivity index (χ1) is 11.9. The monoisotopic (exact) mass is 453 g/mol. The van der Waals surface area contributed by atoms with Crippen molar-refractivity contribution in [1.29, 1.82) is 0 Å². The van der Waals surface area contributed by atoms with E-state index in [0.29, 0.717) is 26.6 Å². The van der Waals surface area contributed by atoms with Gasteiger partial charge >= 0.3 is 0 Å². The van der Waals surface area contributed by atoms with Crippen molar-refractivity contribution < 1.29 is 9.53 Å². The second-order valence-electron chi connectivity index (χ2n) is 5.34. The SMILES string of the molecule is CN1C(=O)/C(=C\c2cc(Br)ccc2OCc2ccc(Cl)cc2)SC1=S. The van der Waals surface area contributed by atoms with Crippen LogP contribution in [0.1, 0.15) is 11.1 Å². The molecule has 0 spiro atoms. The fourth-order valence-electron chi connectivity index (χ4n) is 2.19. The van der Waals surface area contributed by atoms with Crippen molar-refractivity contribution >= 4 is 67.8 Å². The second-order valence-corrected chi connectivity index (χ2v) is 8.37. The lowest BCUT2D eigenvalue weighted by atomic mass is 10.1. The van der Waals surface area contributed by atoms with Crippen LogP contribution in [0.5, 0.6) is 5.75 Å². The number of hydrogen-bond donors (Lipinski definition) is 0. The van der Waals surface area contributed by atoms with Crippen LogP contribution in [-0.4, -0.2) is 22.2 Å². The standard InChI is InChI=1S/C18H13BrClNO2S2/c1-21-17(22)16(25-18(21)24)9-12-8-13(19)4-7-15(12)23-10-11-2-5-14(20)6-3-11/h2-9H,10H2,1H3/b16-9+. The summed E-state index contributed by atoms with van der Waals surface area (Å²) in [5.41, 5.74) is 1.83. The van der Waals surface area contributed by atoms with Gasteiger partial charge in [0.1, 0.15) is 16.7 Å². The van der Waals surface area contributed by atoms with Crippen molar-refractivity contribution in [3.63, 3.8) is 0 Å². The Hall–Kier alpha value is -1.34. The van der Waals surface area contributed by atoms with Gasteiger partial charge in [-0.05, 0) is 42.0 Å². The number of carbonyl (C=O) groups is 1. The molecule has 0 unspecified atom stereocenters. The summed E-state index contributed by atoms with van der Waals surface area (Å²) in [6, 6.07) is 13.2. The van der Waals surface area contributed by atoms with Crippen molar-refractivity contribution in [2.45, 2.75) is 6.61 Å². The minimum absolute atomic E-state index is 0.0985. The zero-order valence-corrected chi connectivity index (χ0v) is 17.1. The van der Waals surface area contributed by atoms with E-state index in [2.05, 4.69) is 15.9 Å². The Morgan fingerprint density at radius 3 is 2.64 bits per heavy atom. The van der Waals surface area contributed by atoms with Crippen LogP contribution >= 0.6 is 51.5 Å². The Bertz CT molecular complexity index is 868. The Morgan fingerprint density at radius 1 is 1.28 bits per heavy atom. The Kier molecular flexibility index (Phi) is 5.84. The molecule has 2 aromatic carbocycles. The largest absolute Gasteiger partial charge is 0.488 e. The van der Waals surface area contributed by atoms with Crippen LogP contribution in [0.2, 0.25) is 5.02 Å². The molecule has 1 aliphatic heterocycles. The van der Waals surface area contributed by atoms with Crippen molar-refractivity contribution in [2.24, 2.45) is 0 Å². The first-order valence-electron chi connectivity index (χ1n) is 7.32. The number of benzene rings is 2. The molecule has 1 heterocycles. The molecule has 0 saturated carbocycles. The molecule has 7 heteroatoms. The fourth-order valence-corrected chi connectivity index (χ4v) is 3.87. The maximum absolute atomic E-state index is 12.2. The topological polar surface area (TPSA) is 29.5 Å². The number of nitrogens with zero attached hydrogens (tertiary/aromatic N) is 1. The average Bonchev–Trinajstić information content (AvgIpc) is 2.83. The van der Waals surface area contributed by atoms with E-state index < -0.39 is 0 Å². The van der Waals surface area contributed by atoms with E-state index in [1.165, 1.54) is 16.7 Å². The maximum Gasteiger partial charge on any atom is 0.265 e. The second kappa shape index (κ2) is 7.91. The van der Waals surface area contributed by atoms with Crippen LogP contribution in [0.25, 0.3) is 6.08 Å². The normalized spacial score (nSPS) is 16.0. The van der Waals surface area contributed by atoms with Gasteiger partial charge in [-0.15, -0.1) is 0 Å². The predicted octanol–water partition coefficient (Wildman–Crippen LogP) is 5.51. The van der Waals surface area contributed by atoms with Crippen molar-refractivity contribution in [3.05, 3.63) is 68.0 Å². The van der Waals surface area contributed by atoms with E-state index in [1.807, 2.05) is 48.5 Å². The third-order valence-corrected chi connectivity index (χ3v) is 5.78. The first-order valence-corrected chi connectivity index (χ1v) is 9.72. The van der Waals surface area contributed by atoms with Crippen LogP contribution in [0.3, 0.4) is 0 Å². The van der Waals surface area contributed by atoms with Gasteiger partial charge in [0.15, 0.2) is 0 Å². The number of halogens is 2. The Morgan fingerprint density at radius 2 is 2.00 bits per heavy atom. The predicted molar refractivity (Wildman–Crippen MR) is 111 cm³/mol. The lowest BCUT2D eigenvalue weighted by Crippen LogP contribution is -2.22. The molecule has 3 nitrogen and oxygen atoms in total. The van der Waals surface area contributed by atoms with Gasteiger partial charge in [-0.1, -0.05) is 63.6 Å². The van der Waals surface area contributed by atoms with Crippen molar-refractivity contribution in [2.75, 3.05) is 7.05 Å². The highest BCUT2D eigenvalue weighted by Crippen LogP contribution is 2.34. The van der Waals surface area contributed by atoms with Gasteiger partial charge < -0.3 is 4.74 Å². The molecule has 25 heavy (non-hydrogen) atoms.